The van der Waals surface area contributed by atoms with Crippen LogP contribution in [0.15, 0.2) is 0 Å². The molecule has 0 aromatic rings. The van der Waals surface area contributed by atoms with Gasteiger partial charge in [-0.3, -0.25) is 14.6 Å². The Morgan fingerprint density at radius 2 is 1.86 bits per heavy atom. The molecule has 2 saturated heterocycles. The minimum atomic E-state index is -0.0862. The van der Waals surface area contributed by atoms with E-state index < -0.39 is 0 Å². The van der Waals surface area contributed by atoms with Gasteiger partial charge in [-0.05, 0) is 37.5 Å². The topological polar surface area (TPSA) is 44.8 Å². The number of nitrogens with one attached hydrogen (secondary N) is 1. The largest absolute Gasteiger partial charge is 0.369 e. The van der Waals surface area contributed by atoms with Gasteiger partial charge < -0.3 is 10.1 Å². The van der Waals surface area contributed by atoms with Crippen molar-refractivity contribution >= 4 is 5.91 Å². The van der Waals surface area contributed by atoms with Gasteiger partial charge in [-0.15, -0.1) is 0 Å². The molecule has 2 aliphatic carbocycles. The maximum Gasteiger partial charge on any atom is 0.239 e. The molecule has 22 heavy (non-hydrogen) atoms. The predicted molar refractivity (Wildman–Crippen MR) is 84.6 cm³/mol. The van der Waals surface area contributed by atoms with Crippen LogP contribution in [0, 0.1) is 11.8 Å². The first kappa shape index (κ1) is 14.9. The summed E-state index contributed by atoms with van der Waals surface area (Å²) in [7, 11) is 1.73. The maximum atomic E-state index is 12.1. The SMILES string of the molecule is CNC(=O)[C@@H]1COC2(CN(CC3CCC3)C2)CN1CC1CC1. The van der Waals surface area contributed by atoms with E-state index in [2.05, 4.69) is 15.1 Å². The van der Waals surface area contributed by atoms with Crippen molar-refractivity contribution in [1.29, 1.82) is 0 Å². The van der Waals surface area contributed by atoms with Crippen LogP contribution in [0.25, 0.3) is 0 Å². The van der Waals surface area contributed by atoms with Gasteiger partial charge in [0, 0.05) is 39.8 Å². The third-order valence-electron chi connectivity index (χ3n) is 5.98. The highest BCUT2D eigenvalue weighted by molar-refractivity contribution is 5.81. The smallest absolute Gasteiger partial charge is 0.239 e. The number of carbonyl (C=O) groups excluding carboxylic acids is 1. The molecule has 4 rings (SSSR count). The van der Waals surface area contributed by atoms with Crippen molar-refractivity contribution in [3.8, 4) is 0 Å². The highest BCUT2D eigenvalue weighted by Gasteiger charge is 2.51. The number of likely N-dealkylation sites (N-methyl/N-ethyl adjacent to an activating group) is 1. The van der Waals surface area contributed by atoms with E-state index in [1.165, 1.54) is 38.6 Å². The van der Waals surface area contributed by atoms with Gasteiger partial charge in [0.15, 0.2) is 0 Å². The zero-order chi connectivity index (χ0) is 15.2. The van der Waals surface area contributed by atoms with Gasteiger partial charge in [0.25, 0.3) is 0 Å². The fourth-order valence-corrected chi connectivity index (χ4v) is 4.25. The number of hydrogen-bond acceptors (Lipinski definition) is 4. The molecule has 5 nitrogen and oxygen atoms in total. The summed E-state index contributed by atoms with van der Waals surface area (Å²) in [5.41, 5.74) is 0.00313. The Bertz CT molecular complexity index is 428. The minimum absolute atomic E-state index is 0.00313. The van der Waals surface area contributed by atoms with Crippen molar-refractivity contribution in [2.24, 2.45) is 11.8 Å². The number of hydrogen-bond donors (Lipinski definition) is 1. The number of carbonyl (C=O) groups is 1. The summed E-state index contributed by atoms with van der Waals surface area (Å²) in [6.07, 6.45) is 6.91. The van der Waals surface area contributed by atoms with Gasteiger partial charge in [0.1, 0.15) is 11.6 Å². The number of rotatable bonds is 5. The summed E-state index contributed by atoms with van der Waals surface area (Å²) in [6.45, 7) is 5.95. The molecule has 1 spiro atoms. The molecule has 0 radical (unpaired) electrons. The van der Waals surface area contributed by atoms with Crippen LogP contribution in [0.5, 0.6) is 0 Å². The molecule has 0 aromatic heterocycles. The lowest BCUT2D eigenvalue weighted by Crippen LogP contribution is -2.73. The zero-order valence-corrected chi connectivity index (χ0v) is 13.7. The monoisotopic (exact) mass is 307 g/mol. The van der Waals surface area contributed by atoms with Crippen LogP contribution < -0.4 is 5.32 Å². The molecular formula is C17H29N3O2. The standard InChI is InChI=1S/C17H29N3O2/c1-18-16(21)15-9-22-17(12-20(15)8-14-5-6-14)10-19(11-17)7-13-3-2-4-13/h13-15H,2-12H2,1H3,(H,18,21)/t15-/m0/s1. The number of amides is 1. The predicted octanol–water partition coefficient (Wildman–Crippen LogP) is 0.698. The molecule has 0 aromatic carbocycles. The first-order valence-corrected chi connectivity index (χ1v) is 8.99. The Labute approximate surface area is 133 Å². The molecule has 4 fully saturated rings. The van der Waals surface area contributed by atoms with Crippen LogP contribution in [0.2, 0.25) is 0 Å². The molecule has 0 unspecified atom stereocenters. The van der Waals surface area contributed by atoms with E-state index >= 15 is 0 Å². The van der Waals surface area contributed by atoms with E-state index in [1.54, 1.807) is 7.05 Å². The normalized spacial score (nSPS) is 32.5. The van der Waals surface area contributed by atoms with E-state index in [-0.39, 0.29) is 17.6 Å². The number of morpholine rings is 1. The zero-order valence-electron chi connectivity index (χ0n) is 13.7. The lowest BCUT2D eigenvalue weighted by molar-refractivity contribution is -0.203. The van der Waals surface area contributed by atoms with Crippen molar-refractivity contribution < 1.29 is 9.53 Å². The molecule has 124 valence electrons. The highest BCUT2D eigenvalue weighted by Crippen LogP contribution is 2.37. The fourth-order valence-electron chi connectivity index (χ4n) is 4.25. The van der Waals surface area contributed by atoms with Gasteiger partial charge in [-0.2, -0.15) is 0 Å². The summed E-state index contributed by atoms with van der Waals surface area (Å²) >= 11 is 0. The van der Waals surface area contributed by atoms with Gasteiger partial charge in [0.2, 0.25) is 5.91 Å². The van der Waals surface area contributed by atoms with Crippen molar-refractivity contribution in [2.45, 2.75) is 43.7 Å². The molecule has 1 amide bonds. The Balaban J connectivity index is 1.34. The van der Waals surface area contributed by atoms with Crippen molar-refractivity contribution in [2.75, 3.05) is 46.4 Å². The van der Waals surface area contributed by atoms with Crippen LogP contribution in [-0.4, -0.2) is 73.7 Å². The van der Waals surface area contributed by atoms with E-state index in [0.29, 0.717) is 6.61 Å². The first-order valence-electron chi connectivity index (χ1n) is 8.99. The van der Waals surface area contributed by atoms with Crippen LogP contribution in [-0.2, 0) is 9.53 Å². The fraction of sp³-hybridized carbons (Fsp3) is 0.941. The molecule has 2 saturated carbocycles. The van der Waals surface area contributed by atoms with E-state index in [4.69, 9.17) is 4.74 Å². The van der Waals surface area contributed by atoms with E-state index in [1.807, 2.05) is 0 Å². The summed E-state index contributed by atoms with van der Waals surface area (Å²) in [4.78, 5) is 17.1. The van der Waals surface area contributed by atoms with Gasteiger partial charge in [0.05, 0.1) is 6.61 Å². The van der Waals surface area contributed by atoms with Crippen molar-refractivity contribution in [1.82, 2.24) is 15.1 Å². The number of ether oxygens (including phenoxy) is 1. The third kappa shape index (κ3) is 2.91. The molecule has 1 atom stereocenters. The second-order valence-electron chi connectivity index (χ2n) is 7.96. The number of nitrogens with zero attached hydrogens (tertiary/aromatic N) is 2. The molecule has 2 heterocycles. The third-order valence-corrected chi connectivity index (χ3v) is 5.98. The molecule has 2 aliphatic heterocycles. The first-order chi connectivity index (χ1) is 10.7. The highest BCUT2D eigenvalue weighted by atomic mass is 16.5. The van der Waals surface area contributed by atoms with Gasteiger partial charge in [-0.1, -0.05) is 6.42 Å². The Hall–Kier alpha value is -0.650. The number of likely N-dealkylation sites (tertiary alicyclic amines) is 1. The van der Waals surface area contributed by atoms with E-state index in [0.717, 1.165) is 38.0 Å². The Morgan fingerprint density at radius 3 is 2.45 bits per heavy atom. The van der Waals surface area contributed by atoms with Crippen LogP contribution in [0.4, 0.5) is 0 Å². The van der Waals surface area contributed by atoms with Gasteiger partial charge in [-0.25, -0.2) is 0 Å². The lowest BCUT2D eigenvalue weighted by Gasteiger charge is -2.56. The summed E-state index contributed by atoms with van der Waals surface area (Å²) in [6, 6.07) is -0.0862. The molecular weight excluding hydrogens is 278 g/mol. The lowest BCUT2D eigenvalue weighted by atomic mass is 9.82. The molecule has 1 N–H and O–H groups in total. The Kier molecular flexibility index (Phi) is 3.91. The van der Waals surface area contributed by atoms with Crippen LogP contribution >= 0.6 is 0 Å². The quantitative estimate of drug-likeness (QED) is 0.812. The summed E-state index contributed by atoms with van der Waals surface area (Å²) in [5.74, 6) is 1.86. The van der Waals surface area contributed by atoms with Gasteiger partial charge >= 0.3 is 0 Å². The minimum Gasteiger partial charge on any atom is -0.369 e. The van der Waals surface area contributed by atoms with E-state index in [9.17, 15) is 4.79 Å². The maximum absolute atomic E-state index is 12.1. The molecule has 4 aliphatic rings. The molecule has 5 heteroatoms. The average Bonchev–Trinajstić information content (AvgIpc) is 3.24. The second kappa shape index (κ2) is 5.77. The molecule has 0 bridgehead atoms. The van der Waals surface area contributed by atoms with Crippen LogP contribution in [0.3, 0.4) is 0 Å². The van der Waals surface area contributed by atoms with Crippen LogP contribution in [0.1, 0.15) is 32.1 Å². The van der Waals surface area contributed by atoms with Crippen molar-refractivity contribution in [3.05, 3.63) is 0 Å². The average molecular weight is 307 g/mol. The van der Waals surface area contributed by atoms with Crippen molar-refractivity contribution in [3.63, 3.8) is 0 Å². The summed E-state index contributed by atoms with van der Waals surface area (Å²) in [5, 5.41) is 2.80. The second-order valence-corrected chi connectivity index (χ2v) is 7.96. The Morgan fingerprint density at radius 1 is 1.14 bits per heavy atom. The summed E-state index contributed by atoms with van der Waals surface area (Å²) < 4.78 is 6.19.